The van der Waals surface area contributed by atoms with Gasteiger partial charge in [0.05, 0.1) is 6.61 Å². The summed E-state index contributed by atoms with van der Waals surface area (Å²) in [4.78, 5) is 9.84. The molecule has 1 heterocycles. The average molecular weight is 218 g/mol. The fraction of sp³-hybridized carbons (Fsp3) is 0.667. The molecule has 2 atom stereocenters. The summed E-state index contributed by atoms with van der Waals surface area (Å²) in [5, 5.41) is 0. The van der Waals surface area contributed by atoms with E-state index < -0.39 is 16.9 Å². The van der Waals surface area contributed by atoms with Crippen molar-refractivity contribution in [3.63, 3.8) is 0 Å². The Balaban J connectivity index is 2.72. The predicted molar refractivity (Wildman–Crippen MR) is 54.1 cm³/mol. The zero-order valence-electron chi connectivity index (χ0n) is 8.49. The lowest BCUT2D eigenvalue weighted by Crippen LogP contribution is -2.45. The molecule has 0 saturated carbocycles. The van der Waals surface area contributed by atoms with Gasteiger partial charge in [0.25, 0.3) is 5.79 Å². The zero-order chi connectivity index (χ0) is 11.0. The predicted octanol–water partition coefficient (Wildman–Crippen LogP) is 2.11. The SMILES string of the molecule is C=C(C)COC1(C)OC(=O)OC1(C)S. The van der Waals surface area contributed by atoms with E-state index in [1.54, 1.807) is 13.8 Å². The molecule has 0 aromatic rings. The van der Waals surface area contributed by atoms with Crippen LogP contribution in [0.3, 0.4) is 0 Å². The van der Waals surface area contributed by atoms with Gasteiger partial charge in [-0.1, -0.05) is 12.2 Å². The number of ether oxygens (including phenoxy) is 3. The lowest BCUT2D eigenvalue weighted by atomic mass is 10.2. The smallest absolute Gasteiger partial charge is 0.410 e. The largest absolute Gasteiger partial charge is 0.512 e. The topological polar surface area (TPSA) is 44.8 Å². The lowest BCUT2D eigenvalue weighted by Gasteiger charge is -2.31. The molecule has 14 heavy (non-hydrogen) atoms. The molecule has 1 aliphatic heterocycles. The summed E-state index contributed by atoms with van der Waals surface area (Å²) >= 11 is 4.17. The Labute approximate surface area is 88.6 Å². The van der Waals surface area contributed by atoms with Crippen LogP contribution in [0.2, 0.25) is 0 Å². The molecule has 0 aromatic carbocycles. The number of carbonyl (C=O) groups excluding carboxylic acids is 1. The summed E-state index contributed by atoms with van der Waals surface area (Å²) in [7, 11) is 0. The average Bonchev–Trinajstić information content (AvgIpc) is 2.17. The number of thiol groups is 1. The molecule has 2 unspecified atom stereocenters. The van der Waals surface area contributed by atoms with Gasteiger partial charge in [0.2, 0.25) is 4.93 Å². The van der Waals surface area contributed by atoms with Gasteiger partial charge in [-0.3, -0.25) is 0 Å². The van der Waals surface area contributed by atoms with Crippen molar-refractivity contribution in [2.75, 3.05) is 6.61 Å². The highest BCUT2D eigenvalue weighted by molar-refractivity contribution is 7.81. The van der Waals surface area contributed by atoms with E-state index in [4.69, 9.17) is 14.2 Å². The standard InChI is InChI=1S/C9H14O4S/c1-6(2)5-11-8(3)9(4,14)13-7(10)12-8/h14H,1,5H2,2-4H3. The van der Waals surface area contributed by atoms with Crippen LogP contribution in [0.15, 0.2) is 12.2 Å². The Hall–Kier alpha value is -0.680. The van der Waals surface area contributed by atoms with Gasteiger partial charge in [-0.05, 0) is 13.8 Å². The fourth-order valence-corrected chi connectivity index (χ4v) is 1.14. The highest BCUT2D eigenvalue weighted by atomic mass is 32.1. The van der Waals surface area contributed by atoms with Gasteiger partial charge in [-0.15, -0.1) is 12.6 Å². The summed E-state index contributed by atoms with van der Waals surface area (Å²) in [5.74, 6) is -1.17. The van der Waals surface area contributed by atoms with Gasteiger partial charge < -0.3 is 14.2 Å². The third kappa shape index (κ3) is 2.04. The summed E-state index contributed by atoms with van der Waals surface area (Å²) in [6, 6.07) is 0. The molecule has 1 saturated heterocycles. The Morgan fingerprint density at radius 1 is 1.57 bits per heavy atom. The van der Waals surface area contributed by atoms with Crippen LogP contribution in [-0.4, -0.2) is 23.5 Å². The van der Waals surface area contributed by atoms with Crippen LogP contribution in [0.1, 0.15) is 20.8 Å². The van der Waals surface area contributed by atoms with E-state index in [2.05, 4.69) is 19.2 Å². The fourth-order valence-electron chi connectivity index (χ4n) is 0.954. The molecular formula is C9H14O4S. The second-order valence-electron chi connectivity index (χ2n) is 3.63. The van der Waals surface area contributed by atoms with Crippen LogP contribution in [0.25, 0.3) is 0 Å². The van der Waals surface area contributed by atoms with Crippen molar-refractivity contribution in [3.8, 4) is 0 Å². The second-order valence-corrected chi connectivity index (χ2v) is 4.48. The monoisotopic (exact) mass is 218 g/mol. The third-order valence-electron chi connectivity index (χ3n) is 2.00. The first-order chi connectivity index (χ1) is 6.27. The zero-order valence-corrected chi connectivity index (χ0v) is 9.39. The number of rotatable bonds is 3. The van der Waals surface area contributed by atoms with Gasteiger partial charge in [0, 0.05) is 6.92 Å². The maximum atomic E-state index is 10.9. The maximum Gasteiger partial charge on any atom is 0.512 e. The Kier molecular flexibility index (Phi) is 2.83. The van der Waals surface area contributed by atoms with Crippen LogP contribution in [0.5, 0.6) is 0 Å². The molecule has 0 aromatic heterocycles. The van der Waals surface area contributed by atoms with Crippen molar-refractivity contribution in [3.05, 3.63) is 12.2 Å². The molecule has 0 spiro atoms. The minimum absolute atomic E-state index is 0.295. The molecule has 5 heteroatoms. The van der Waals surface area contributed by atoms with E-state index in [0.29, 0.717) is 6.61 Å². The molecule has 0 amide bonds. The van der Waals surface area contributed by atoms with Gasteiger partial charge in [-0.25, -0.2) is 4.79 Å². The van der Waals surface area contributed by atoms with Gasteiger partial charge in [-0.2, -0.15) is 0 Å². The highest BCUT2D eigenvalue weighted by Gasteiger charge is 2.56. The first-order valence-electron chi connectivity index (χ1n) is 4.19. The minimum Gasteiger partial charge on any atom is -0.410 e. The summed E-state index contributed by atoms with van der Waals surface area (Å²) < 4.78 is 15.2. The highest BCUT2D eigenvalue weighted by Crippen LogP contribution is 2.40. The molecule has 80 valence electrons. The van der Waals surface area contributed by atoms with Gasteiger partial charge in [0.1, 0.15) is 0 Å². The van der Waals surface area contributed by atoms with E-state index in [0.717, 1.165) is 5.57 Å². The van der Waals surface area contributed by atoms with Crippen molar-refractivity contribution < 1.29 is 19.0 Å². The maximum absolute atomic E-state index is 10.9. The Morgan fingerprint density at radius 3 is 2.50 bits per heavy atom. The second kappa shape index (κ2) is 3.47. The number of hydrogen-bond donors (Lipinski definition) is 1. The number of cyclic esters (lactones) is 2. The molecule has 0 aliphatic carbocycles. The molecule has 1 rings (SSSR count). The van der Waals surface area contributed by atoms with Crippen molar-refractivity contribution in [2.24, 2.45) is 0 Å². The lowest BCUT2D eigenvalue weighted by molar-refractivity contribution is -0.189. The summed E-state index contributed by atoms with van der Waals surface area (Å²) in [5.41, 5.74) is 0.832. The Morgan fingerprint density at radius 2 is 2.14 bits per heavy atom. The van der Waals surface area contributed by atoms with E-state index in [9.17, 15) is 4.79 Å². The quantitative estimate of drug-likeness (QED) is 0.447. The van der Waals surface area contributed by atoms with Gasteiger partial charge in [0.15, 0.2) is 0 Å². The molecular weight excluding hydrogens is 204 g/mol. The normalized spacial score (nSPS) is 36.4. The van der Waals surface area contributed by atoms with E-state index in [1.807, 2.05) is 6.92 Å². The summed E-state index contributed by atoms with van der Waals surface area (Å²) in [6.07, 6.45) is -0.772. The minimum atomic E-state index is -1.17. The number of hydrogen-bond acceptors (Lipinski definition) is 5. The van der Waals surface area contributed by atoms with Crippen LogP contribution in [0, 0.1) is 0 Å². The first kappa shape index (κ1) is 11.4. The van der Waals surface area contributed by atoms with E-state index >= 15 is 0 Å². The number of carbonyl (C=O) groups is 1. The van der Waals surface area contributed by atoms with Crippen molar-refractivity contribution in [2.45, 2.75) is 31.5 Å². The van der Waals surface area contributed by atoms with Crippen LogP contribution < -0.4 is 0 Å². The molecule has 4 nitrogen and oxygen atoms in total. The van der Waals surface area contributed by atoms with E-state index in [-0.39, 0.29) is 0 Å². The summed E-state index contributed by atoms with van der Waals surface area (Å²) in [6.45, 7) is 9.01. The molecule has 1 fully saturated rings. The van der Waals surface area contributed by atoms with Crippen molar-refractivity contribution >= 4 is 18.8 Å². The van der Waals surface area contributed by atoms with E-state index in [1.165, 1.54) is 0 Å². The molecule has 0 bridgehead atoms. The van der Waals surface area contributed by atoms with Gasteiger partial charge >= 0.3 is 6.16 Å². The van der Waals surface area contributed by atoms with Crippen molar-refractivity contribution in [1.82, 2.24) is 0 Å². The van der Waals surface area contributed by atoms with Crippen molar-refractivity contribution in [1.29, 1.82) is 0 Å². The molecule has 0 radical (unpaired) electrons. The first-order valence-corrected chi connectivity index (χ1v) is 4.64. The Bertz CT molecular complexity index is 274. The van der Waals surface area contributed by atoms with Crippen LogP contribution in [0.4, 0.5) is 4.79 Å². The van der Waals surface area contributed by atoms with Crippen LogP contribution in [-0.2, 0) is 14.2 Å². The third-order valence-corrected chi connectivity index (χ3v) is 2.49. The molecule has 1 aliphatic rings. The molecule has 0 N–H and O–H groups in total. The van der Waals surface area contributed by atoms with Crippen LogP contribution >= 0.6 is 12.6 Å².